The van der Waals surface area contributed by atoms with Crippen LogP contribution in [0.2, 0.25) is 0 Å². The lowest BCUT2D eigenvalue weighted by molar-refractivity contribution is -0.123. The van der Waals surface area contributed by atoms with Crippen LogP contribution in [0.4, 0.5) is 23.2 Å². The zero-order chi connectivity index (χ0) is 20.1. The smallest absolute Gasteiger partial charge is 0.302 e. The highest BCUT2D eigenvalue weighted by atomic mass is 32.2. The Bertz CT molecular complexity index is 813. The summed E-state index contributed by atoms with van der Waals surface area (Å²) in [5.41, 5.74) is -2.02. The Hall–Kier alpha value is -2.67. The van der Waals surface area contributed by atoms with Crippen LogP contribution in [0.15, 0.2) is 28.7 Å². The lowest BCUT2D eigenvalue weighted by Crippen LogP contribution is -2.35. The maximum absolute atomic E-state index is 14.3. The van der Waals surface area contributed by atoms with Crippen LogP contribution >= 0.6 is 11.8 Å². The molecule has 0 heterocycles. The number of aldehydes is 1. The van der Waals surface area contributed by atoms with E-state index in [1.807, 2.05) is 0 Å². The van der Waals surface area contributed by atoms with Crippen LogP contribution in [0.5, 0.6) is 0 Å². The number of hydrogen-bond donors (Lipinski definition) is 0. The van der Waals surface area contributed by atoms with E-state index >= 15 is 0 Å². The predicted octanol–water partition coefficient (Wildman–Crippen LogP) is 3.38. The third-order valence-corrected chi connectivity index (χ3v) is 3.99. The molecule has 26 heavy (non-hydrogen) atoms. The lowest BCUT2D eigenvalue weighted by atomic mass is 10.1. The van der Waals surface area contributed by atoms with Crippen molar-refractivity contribution >= 4 is 35.5 Å². The van der Waals surface area contributed by atoms with Crippen molar-refractivity contribution in [3.63, 3.8) is 0 Å². The number of thioether (sulfide) groups is 1. The highest BCUT2D eigenvalue weighted by Gasteiger charge is 2.32. The predicted molar refractivity (Wildman–Crippen MR) is 85.9 cm³/mol. The second-order valence-electron chi connectivity index (χ2n) is 4.91. The summed E-state index contributed by atoms with van der Waals surface area (Å²) >= 11 is 0.852. The molecule has 1 rings (SSSR count). The molecule has 0 fully saturated rings. The fourth-order valence-electron chi connectivity index (χ4n) is 1.82. The van der Waals surface area contributed by atoms with Crippen LogP contribution in [0.25, 0.3) is 0 Å². The number of nitrogens with zero attached hydrogens (tertiary/aromatic N) is 2. The van der Waals surface area contributed by atoms with Gasteiger partial charge in [0, 0.05) is 23.5 Å². The summed E-state index contributed by atoms with van der Waals surface area (Å²) in [4.78, 5) is 34.7. The van der Waals surface area contributed by atoms with E-state index < -0.39 is 35.1 Å². The van der Waals surface area contributed by atoms with Gasteiger partial charge in [-0.15, -0.1) is 11.8 Å². The molecule has 10 heteroatoms. The Morgan fingerprint density at radius 2 is 1.92 bits per heavy atom. The highest BCUT2D eigenvalue weighted by molar-refractivity contribution is 8.00. The molecule has 0 unspecified atom stereocenters. The van der Waals surface area contributed by atoms with Gasteiger partial charge < -0.3 is 4.79 Å². The molecule has 2 amide bonds. The molecule has 0 spiro atoms. The van der Waals surface area contributed by atoms with E-state index in [-0.39, 0.29) is 27.2 Å². The minimum absolute atomic E-state index is 0.0825. The summed E-state index contributed by atoms with van der Waals surface area (Å²) in [6, 6.07) is 3.41. The van der Waals surface area contributed by atoms with Gasteiger partial charge in [-0.2, -0.15) is 18.4 Å². The first-order chi connectivity index (χ1) is 12.0. The Labute approximate surface area is 150 Å². The fraction of sp³-hybridized carbons (Fsp3) is 0.250. The Morgan fingerprint density at radius 1 is 1.31 bits per heavy atom. The van der Waals surface area contributed by atoms with Crippen molar-refractivity contribution in [1.82, 2.24) is 0 Å². The van der Waals surface area contributed by atoms with Gasteiger partial charge in [0.25, 0.3) is 5.91 Å². The molecule has 0 radical (unpaired) electrons. The van der Waals surface area contributed by atoms with Crippen molar-refractivity contribution < 1.29 is 31.9 Å². The number of imide groups is 1. The van der Waals surface area contributed by atoms with Gasteiger partial charge in [-0.1, -0.05) is 0 Å². The Balaban J connectivity index is 3.46. The van der Waals surface area contributed by atoms with Crippen molar-refractivity contribution in [1.29, 1.82) is 5.26 Å². The van der Waals surface area contributed by atoms with E-state index in [1.54, 1.807) is 6.07 Å². The van der Waals surface area contributed by atoms with Crippen molar-refractivity contribution in [2.24, 2.45) is 0 Å². The van der Waals surface area contributed by atoms with Crippen molar-refractivity contribution in [3.8, 4) is 6.07 Å². The number of carbonyl (C=O) groups excluding carboxylic acids is 3. The summed E-state index contributed by atoms with van der Waals surface area (Å²) < 4.78 is 52.0. The summed E-state index contributed by atoms with van der Waals surface area (Å²) in [7, 11) is 0. The molecule has 0 N–H and O–H groups in total. The van der Waals surface area contributed by atoms with E-state index in [1.165, 1.54) is 0 Å². The largest absolute Gasteiger partial charge is 0.412 e. The van der Waals surface area contributed by atoms with Gasteiger partial charge in [0.2, 0.25) is 5.91 Å². The van der Waals surface area contributed by atoms with Gasteiger partial charge in [0.05, 0.1) is 17.0 Å². The molecular weight excluding hydrogens is 376 g/mol. The lowest BCUT2D eigenvalue weighted by Gasteiger charge is -2.20. The summed E-state index contributed by atoms with van der Waals surface area (Å²) in [5, 5.41) is 9.00. The number of hydrogen-bond acceptors (Lipinski definition) is 5. The maximum atomic E-state index is 14.3. The molecule has 0 aliphatic rings. The number of carbonyl (C=O) groups is 3. The highest BCUT2D eigenvalue weighted by Crippen LogP contribution is 2.31. The van der Waals surface area contributed by atoms with Crippen LogP contribution in [0.1, 0.15) is 19.4 Å². The van der Waals surface area contributed by atoms with Gasteiger partial charge in [-0.05, 0) is 19.1 Å². The van der Waals surface area contributed by atoms with Crippen LogP contribution < -0.4 is 4.90 Å². The van der Waals surface area contributed by atoms with E-state index in [0.717, 1.165) is 30.8 Å². The van der Waals surface area contributed by atoms with Crippen LogP contribution in [-0.4, -0.2) is 30.0 Å². The molecule has 0 bridgehead atoms. The molecule has 0 aromatic heterocycles. The molecular formula is C16H12F4N2O3S. The monoisotopic (exact) mass is 388 g/mol. The second kappa shape index (κ2) is 8.62. The third-order valence-electron chi connectivity index (χ3n) is 3.04. The van der Waals surface area contributed by atoms with E-state index in [2.05, 4.69) is 0 Å². The van der Waals surface area contributed by atoms with E-state index in [4.69, 9.17) is 5.26 Å². The quantitative estimate of drug-likeness (QED) is 0.334. The third kappa shape index (κ3) is 5.16. The van der Waals surface area contributed by atoms with E-state index in [0.29, 0.717) is 13.2 Å². The minimum Gasteiger partial charge on any atom is -0.302 e. The average molecular weight is 388 g/mol. The SMILES string of the molecule is CC(=O)N(C(=O)/C=C(\C)C(F)(F)F)c1cc(SCC=O)c(C#N)cc1F. The molecule has 1 aromatic carbocycles. The molecule has 5 nitrogen and oxygen atoms in total. The number of rotatable bonds is 5. The number of halogens is 4. The van der Waals surface area contributed by atoms with Gasteiger partial charge >= 0.3 is 6.18 Å². The van der Waals surface area contributed by atoms with Crippen LogP contribution in [0.3, 0.4) is 0 Å². The molecule has 0 aliphatic carbocycles. The van der Waals surface area contributed by atoms with Gasteiger partial charge in [0.15, 0.2) is 0 Å². The zero-order valence-electron chi connectivity index (χ0n) is 13.6. The normalized spacial score (nSPS) is 11.7. The molecule has 0 saturated carbocycles. The number of anilines is 1. The average Bonchev–Trinajstić information content (AvgIpc) is 2.53. The number of allylic oxidation sites excluding steroid dienone is 1. The fourth-order valence-corrected chi connectivity index (χ4v) is 2.52. The molecule has 1 aromatic rings. The van der Waals surface area contributed by atoms with E-state index in [9.17, 15) is 31.9 Å². The number of nitriles is 1. The standard InChI is InChI=1S/C16H12F4N2O3S/c1-9(16(18,19)20)5-15(25)22(10(2)24)13-7-14(26-4-3-23)11(8-21)6-12(13)17/h3,5-7H,4H2,1-2H3/b9-5+. The van der Waals surface area contributed by atoms with Crippen LogP contribution in [0, 0.1) is 17.1 Å². The number of amides is 2. The minimum atomic E-state index is -4.79. The summed E-state index contributed by atoms with van der Waals surface area (Å²) in [5.74, 6) is -3.63. The first-order valence-corrected chi connectivity index (χ1v) is 7.91. The van der Waals surface area contributed by atoms with Crippen LogP contribution in [-0.2, 0) is 14.4 Å². The Morgan fingerprint density at radius 3 is 2.38 bits per heavy atom. The second-order valence-corrected chi connectivity index (χ2v) is 5.97. The molecule has 0 aliphatic heterocycles. The zero-order valence-corrected chi connectivity index (χ0v) is 14.4. The summed E-state index contributed by atoms with van der Waals surface area (Å²) in [6.45, 7) is 1.52. The molecule has 0 saturated heterocycles. The van der Waals surface area contributed by atoms with Gasteiger partial charge in [-0.3, -0.25) is 9.59 Å². The van der Waals surface area contributed by atoms with Crippen molar-refractivity contribution in [2.45, 2.75) is 24.9 Å². The number of benzene rings is 1. The molecule has 0 atom stereocenters. The maximum Gasteiger partial charge on any atom is 0.412 e. The summed E-state index contributed by atoms with van der Waals surface area (Å²) in [6.07, 6.45) is -4.08. The number of alkyl halides is 3. The van der Waals surface area contributed by atoms with Gasteiger partial charge in [-0.25, -0.2) is 9.29 Å². The van der Waals surface area contributed by atoms with Crippen molar-refractivity contribution in [3.05, 3.63) is 35.2 Å². The first-order valence-electron chi connectivity index (χ1n) is 6.93. The Kier molecular flexibility index (Phi) is 7.09. The molecule has 138 valence electrons. The van der Waals surface area contributed by atoms with Crippen molar-refractivity contribution in [2.75, 3.05) is 10.7 Å². The first kappa shape index (κ1) is 21.4. The topological polar surface area (TPSA) is 78.2 Å². The van der Waals surface area contributed by atoms with Gasteiger partial charge in [0.1, 0.15) is 18.2 Å².